The van der Waals surface area contributed by atoms with Gasteiger partial charge in [0.2, 0.25) is 0 Å². The Hall–Kier alpha value is -3.73. The lowest BCUT2D eigenvalue weighted by molar-refractivity contribution is 0.628. The number of hydrogen-bond donors (Lipinski definition) is 2. The van der Waals surface area contributed by atoms with Crippen LogP contribution in [0.1, 0.15) is 0 Å². The minimum atomic E-state index is -0.278. The number of fused-ring (bicyclic) bond motifs is 2. The average Bonchev–Trinajstić information content (AvgIpc) is 3.12. The minimum absolute atomic E-state index is 0.278. The molecule has 0 aliphatic rings. The van der Waals surface area contributed by atoms with Crippen LogP contribution >= 0.6 is 0 Å². The zero-order valence-electron chi connectivity index (χ0n) is 14.3. The number of hydrogen-bond acceptors (Lipinski definition) is 3. The molecule has 0 saturated heterocycles. The fraction of sp³-hybridized carbons (Fsp3) is 0. The zero-order valence-corrected chi connectivity index (χ0v) is 14.3. The number of anilines is 2. The topological polar surface area (TPSA) is 53.6 Å². The number of aromatic nitrogens is 3. The molecule has 2 N–H and O–H groups in total. The maximum atomic E-state index is 13.5. The van der Waals surface area contributed by atoms with Gasteiger partial charge in [0.25, 0.3) is 0 Å². The summed E-state index contributed by atoms with van der Waals surface area (Å²) in [5.74, 6) is 0.371. The number of H-pyrrole nitrogens is 1. The first kappa shape index (κ1) is 15.5. The number of pyridine rings is 1. The van der Waals surface area contributed by atoms with Crippen molar-refractivity contribution in [1.82, 2.24) is 15.0 Å². The number of benzene rings is 3. The van der Waals surface area contributed by atoms with Gasteiger partial charge in [0, 0.05) is 28.5 Å². The Morgan fingerprint density at radius 2 is 1.78 bits per heavy atom. The van der Waals surface area contributed by atoms with E-state index < -0.39 is 0 Å². The van der Waals surface area contributed by atoms with Crippen molar-refractivity contribution >= 4 is 33.3 Å². The summed E-state index contributed by atoms with van der Waals surface area (Å²) in [4.78, 5) is 12.2. The molecule has 2 heterocycles. The van der Waals surface area contributed by atoms with E-state index >= 15 is 0 Å². The van der Waals surface area contributed by atoms with Gasteiger partial charge in [0.15, 0.2) is 0 Å². The first-order valence-corrected chi connectivity index (χ1v) is 8.63. The van der Waals surface area contributed by atoms with Crippen LogP contribution in [-0.4, -0.2) is 15.0 Å². The van der Waals surface area contributed by atoms with Gasteiger partial charge in [0.05, 0.1) is 16.6 Å². The molecule has 5 rings (SSSR count). The van der Waals surface area contributed by atoms with Crippen molar-refractivity contribution in [1.29, 1.82) is 0 Å². The van der Waals surface area contributed by atoms with Crippen molar-refractivity contribution in [3.63, 3.8) is 0 Å². The third-order valence-electron chi connectivity index (χ3n) is 4.51. The Morgan fingerprint density at radius 1 is 0.852 bits per heavy atom. The molecule has 0 amide bonds. The number of nitrogens with one attached hydrogen (secondary N) is 2. The third kappa shape index (κ3) is 2.89. The fourth-order valence-electron chi connectivity index (χ4n) is 3.22. The van der Waals surface area contributed by atoms with E-state index in [-0.39, 0.29) is 5.82 Å². The van der Waals surface area contributed by atoms with Crippen LogP contribution in [-0.2, 0) is 0 Å². The van der Waals surface area contributed by atoms with Crippen molar-refractivity contribution < 1.29 is 4.39 Å². The molecule has 5 heteroatoms. The van der Waals surface area contributed by atoms with Gasteiger partial charge in [-0.2, -0.15) is 0 Å². The highest BCUT2D eigenvalue weighted by Gasteiger charge is 2.08. The lowest BCUT2D eigenvalue weighted by atomic mass is 10.2. The Morgan fingerprint density at radius 3 is 2.70 bits per heavy atom. The molecule has 0 fully saturated rings. The van der Waals surface area contributed by atoms with Crippen LogP contribution in [0.25, 0.3) is 33.3 Å². The summed E-state index contributed by atoms with van der Waals surface area (Å²) < 4.78 is 13.5. The summed E-state index contributed by atoms with van der Waals surface area (Å²) in [6.07, 6.45) is 1.79. The van der Waals surface area contributed by atoms with E-state index in [1.54, 1.807) is 12.3 Å². The van der Waals surface area contributed by atoms with E-state index in [0.29, 0.717) is 5.82 Å². The predicted octanol–water partition coefficient (Wildman–Crippen LogP) is 5.66. The summed E-state index contributed by atoms with van der Waals surface area (Å²) in [7, 11) is 0. The van der Waals surface area contributed by atoms with Gasteiger partial charge in [-0.1, -0.05) is 30.3 Å². The molecule has 0 aliphatic heterocycles. The summed E-state index contributed by atoms with van der Waals surface area (Å²) in [6.45, 7) is 0. The number of rotatable bonds is 3. The average molecular weight is 354 g/mol. The van der Waals surface area contributed by atoms with Gasteiger partial charge in [-0.25, -0.2) is 9.37 Å². The van der Waals surface area contributed by atoms with E-state index in [4.69, 9.17) is 0 Å². The van der Waals surface area contributed by atoms with E-state index in [2.05, 4.69) is 20.3 Å². The molecule has 0 saturated carbocycles. The molecule has 0 atom stereocenters. The number of para-hydroxylation sites is 1. The summed E-state index contributed by atoms with van der Waals surface area (Å²) in [5.41, 5.74) is 5.31. The Bertz CT molecular complexity index is 1270. The molecular weight excluding hydrogens is 339 g/mol. The van der Waals surface area contributed by atoms with E-state index in [1.165, 1.54) is 12.1 Å². The molecule has 4 nitrogen and oxygen atoms in total. The van der Waals surface area contributed by atoms with Crippen LogP contribution in [0.15, 0.2) is 79.0 Å². The molecule has 0 radical (unpaired) electrons. The van der Waals surface area contributed by atoms with Crippen LogP contribution in [0.5, 0.6) is 0 Å². The van der Waals surface area contributed by atoms with Crippen molar-refractivity contribution in [3.8, 4) is 11.4 Å². The standard InChI is InChI=1S/C22H15FN4/c23-15-5-3-4-14(12-15)22-26-20-9-8-16(13-21(20)27-22)25-19-10-11-24-18-7-2-1-6-17(18)19/h1-13H,(H,24,25)(H,26,27). The molecule has 2 aromatic heterocycles. The summed E-state index contributed by atoms with van der Waals surface area (Å²) in [6, 6.07) is 22.3. The second kappa shape index (κ2) is 6.21. The first-order valence-electron chi connectivity index (χ1n) is 8.63. The lowest BCUT2D eigenvalue weighted by Crippen LogP contribution is -1.92. The van der Waals surface area contributed by atoms with Crippen LogP contribution in [0.4, 0.5) is 15.8 Å². The molecule has 130 valence electrons. The van der Waals surface area contributed by atoms with Gasteiger partial charge < -0.3 is 10.3 Å². The SMILES string of the molecule is Fc1cccc(-c2nc3ccc(Nc4ccnc5ccccc45)cc3[nH]2)c1. The Kier molecular flexibility index (Phi) is 3.57. The molecule has 0 unspecified atom stereocenters. The van der Waals surface area contributed by atoms with E-state index in [0.717, 1.165) is 38.9 Å². The van der Waals surface area contributed by atoms with E-state index in [1.807, 2.05) is 54.6 Å². The highest BCUT2D eigenvalue weighted by Crippen LogP contribution is 2.28. The van der Waals surface area contributed by atoms with Gasteiger partial charge in [0.1, 0.15) is 11.6 Å². The van der Waals surface area contributed by atoms with Crippen molar-refractivity contribution in [3.05, 3.63) is 84.8 Å². The maximum Gasteiger partial charge on any atom is 0.138 e. The monoisotopic (exact) mass is 354 g/mol. The zero-order chi connectivity index (χ0) is 18.2. The van der Waals surface area contributed by atoms with Crippen LogP contribution in [0.2, 0.25) is 0 Å². The maximum absolute atomic E-state index is 13.5. The second-order valence-corrected chi connectivity index (χ2v) is 6.33. The largest absolute Gasteiger partial charge is 0.355 e. The molecular formula is C22H15FN4. The second-order valence-electron chi connectivity index (χ2n) is 6.33. The number of nitrogens with zero attached hydrogens (tertiary/aromatic N) is 2. The summed E-state index contributed by atoms with van der Waals surface area (Å²) in [5, 5.41) is 4.51. The molecule has 0 bridgehead atoms. The van der Waals surface area contributed by atoms with Crippen molar-refractivity contribution in [2.24, 2.45) is 0 Å². The van der Waals surface area contributed by atoms with Crippen molar-refractivity contribution in [2.45, 2.75) is 0 Å². The predicted molar refractivity (Wildman–Crippen MR) is 107 cm³/mol. The van der Waals surface area contributed by atoms with Crippen LogP contribution in [0.3, 0.4) is 0 Å². The number of imidazole rings is 1. The first-order chi connectivity index (χ1) is 13.3. The normalized spacial score (nSPS) is 11.1. The molecule has 3 aromatic carbocycles. The number of aromatic amines is 1. The summed E-state index contributed by atoms with van der Waals surface area (Å²) >= 11 is 0. The Balaban J connectivity index is 1.53. The van der Waals surface area contributed by atoms with Gasteiger partial charge in [-0.05, 0) is 42.5 Å². The molecule has 0 spiro atoms. The van der Waals surface area contributed by atoms with Crippen LogP contribution < -0.4 is 5.32 Å². The van der Waals surface area contributed by atoms with Crippen molar-refractivity contribution in [2.75, 3.05) is 5.32 Å². The molecule has 5 aromatic rings. The Labute approximate surface area is 154 Å². The fourth-order valence-corrected chi connectivity index (χ4v) is 3.22. The highest BCUT2D eigenvalue weighted by molar-refractivity contribution is 5.93. The van der Waals surface area contributed by atoms with Crippen LogP contribution in [0, 0.1) is 5.82 Å². The van der Waals surface area contributed by atoms with E-state index in [9.17, 15) is 4.39 Å². The minimum Gasteiger partial charge on any atom is -0.355 e. The lowest BCUT2D eigenvalue weighted by Gasteiger charge is -2.09. The smallest absolute Gasteiger partial charge is 0.138 e. The van der Waals surface area contributed by atoms with Gasteiger partial charge >= 0.3 is 0 Å². The quantitative estimate of drug-likeness (QED) is 0.439. The third-order valence-corrected chi connectivity index (χ3v) is 4.51. The molecule has 0 aliphatic carbocycles. The highest BCUT2D eigenvalue weighted by atomic mass is 19.1. The number of halogens is 1. The van der Waals surface area contributed by atoms with Gasteiger partial charge in [-0.15, -0.1) is 0 Å². The van der Waals surface area contributed by atoms with Gasteiger partial charge in [-0.3, -0.25) is 4.98 Å². The molecule has 27 heavy (non-hydrogen) atoms.